The zero-order chi connectivity index (χ0) is 22.5. The summed E-state index contributed by atoms with van der Waals surface area (Å²) in [6, 6.07) is 7.06. The third-order valence-corrected chi connectivity index (χ3v) is 5.03. The van der Waals surface area contributed by atoms with Crippen molar-refractivity contribution in [1.82, 2.24) is 15.1 Å². The van der Waals surface area contributed by atoms with Gasteiger partial charge in [-0.2, -0.15) is 5.10 Å². The van der Waals surface area contributed by atoms with Gasteiger partial charge >= 0.3 is 5.69 Å². The molecule has 1 aromatic carbocycles. The molecule has 164 valence electrons. The molecule has 2 heterocycles. The van der Waals surface area contributed by atoms with Crippen LogP contribution < -0.4 is 10.1 Å². The van der Waals surface area contributed by atoms with E-state index in [-0.39, 0.29) is 30.5 Å². The Morgan fingerprint density at radius 2 is 2.16 bits per heavy atom. The Hall–Kier alpha value is -3.33. The lowest BCUT2D eigenvalue weighted by Gasteiger charge is -2.15. The van der Waals surface area contributed by atoms with Crippen molar-refractivity contribution in [1.29, 1.82) is 0 Å². The number of hydrogen-bond donors (Lipinski definition) is 1. The molecule has 0 atom stereocenters. The van der Waals surface area contributed by atoms with Gasteiger partial charge < -0.3 is 14.5 Å². The van der Waals surface area contributed by atoms with E-state index < -0.39 is 10.8 Å². The molecule has 31 heavy (non-hydrogen) atoms. The minimum absolute atomic E-state index is 0.0986. The van der Waals surface area contributed by atoms with Crippen LogP contribution in [0.1, 0.15) is 47.2 Å². The van der Waals surface area contributed by atoms with Crippen molar-refractivity contribution in [2.75, 3.05) is 6.54 Å². The maximum atomic E-state index is 12.3. The summed E-state index contributed by atoms with van der Waals surface area (Å²) < 4.78 is 12.9. The normalized spacial score (nSPS) is 11.0. The fourth-order valence-electron chi connectivity index (χ4n) is 2.91. The van der Waals surface area contributed by atoms with Crippen molar-refractivity contribution >= 4 is 23.2 Å². The lowest BCUT2D eigenvalue weighted by Crippen LogP contribution is -2.27. The van der Waals surface area contributed by atoms with E-state index in [1.54, 1.807) is 12.1 Å². The second-order valence-electron chi connectivity index (χ2n) is 7.32. The fraction of sp³-hybridized carbons (Fsp3) is 0.333. The molecular weight excluding hydrogens is 424 g/mol. The Labute approximate surface area is 184 Å². The second-order valence-corrected chi connectivity index (χ2v) is 7.73. The number of amides is 1. The molecule has 0 saturated heterocycles. The van der Waals surface area contributed by atoms with Gasteiger partial charge in [0.25, 0.3) is 5.91 Å². The SMILES string of the molecule is Cc1cc(OCc2ccc(C(=O)NCCn3cc([N+](=O)[O-])cn3)o2)c(C(C)C)cc1Cl. The summed E-state index contributed by atoms with van der Waals surface area (Å²) in [7, 11) is 0. The molecule has 1 N–H and O–H groups in total. The largest absolute Gasteiger partial charge is 0.485 e. The highest BCUT2D eigenvalue weighted by atomic mass is 35.5. The van der Waals surface area contributed by atoms with E-state index in [1.807, 2.05) is 19.1 Å². The maximum absolute atomic E-state index is 12.3. The van der Waals surface area contributed by atoms with E-state index in [1.165, 1.54) is 10.9 Å². The van der Waals surface area contributed by atoms with Crippen molar-refractivity contribution in [3.8, 4) is 5.75 Å². The number of ether oxygens (including phenoxy) is 1. The predicted molar refractivity (Wildman–Crippen MR) is 115 cm³/mol. The van der Waals surface area contributed by atoms with Gasteiger partial charge in [-0.05, 0) is 48.2 Å². The summed E-state index contributed by atoms with van der Waals surface area (Å²) >= 11 is 6.23. The lowest BCUT2D eigenvalue weighted by atomic mass is 10.0. The van der Waals surface area contributed by atoms with Gasteiger partial charge in [0, 0.05) is 11.6 Å². The number of hydrogen-bond acceptors (Lipinski definition) is 6. The Morgan fingerprint density at radius 1 is 1.39 bits per heavy atom. The van der Waals surface area contributed by atoms with Crippen LogP contribution in [0, 0.1) is 17.0 Å². The molecule has 0 bridgehead atoms. The number of halogens is 1. The van der Waals surface area contributed by atoms with Crippen LogP contribution in [0.25, 0.3) is 0 Å². The van der Waals surface area contributed by atoms with Gasteiger partial charge in [0.15, 0.2) is 5.76 Å². The molecule has 0 unspecified atom stereocenters. The Balaban J connectivity index is 1.54. The smallest absolute Gasteiger partial charge is 0.306 e. The Morgan fingerprint density at radius 3 is 2.84 bits per heavy atom. The summed E-state index contributed by atoms with van der Waals surface area (Å²) in [5.74, 6) is 1.24. The first-order valence-corrected chi connectivity index (χ1v) is 10.1. The molecule has 0 aliphatic rings. The maximum Gasteiger partial charge on any atom is 0.306 e. The van der Waals surface area contributed by atoms with Gasteiger partial charge in [-0.15, -0.1) is 0 Å². The number of nitro groups is 1. The van der Waals surface area contributed by atoms with Crippen LogP contribution in [0.15, 0.2) is 41.1 Å². The van der Waals surface area contributed by atoms with Crippen molar-refractivity contribution in [2.24, 2.45) is 0 Å². The van der Waals surface area contributed by atoms with Gasteiger partial charge in [0.2, 0.25) is 0 Å². The lowest BCUT2D eigenvalue weighted by molar-refractivity contribution is -0.385. The number of furan rings is 1. The highest BCUT2D eigenvalue weighted by molar-refractivity contribution is 6.31. The van der Waals surface area contributed by atoms with Gasteiger partial charge in [0.1, 0.15) is 30.5 Å². The van der Waals surface area contributed by atoms with Crippen LogP contribution in [-0.2, 0) is 13.2 Å². The minimum Gasteiger partial charge on any atom is -0.485 e. The first-order valence-electron chi connectivity index (χ1n) is 9.71. The monoisotopic (exact) mass is 446 g/mol. The topological polar surface area (TPSA) is 112 Å². The summed E-state index contributed by atoms with van der Waals surface area (Å²) in [6.45, 7) is 6.74. The van der Waals surface area contributed by atoms with Crippen molar-refractivity contribution < 1.29 is 18.9 Å². The zero-order valence-electron chi connectivity index (χ0n) is 17.4. The number of nitrogens with one attached hydrogen (secondary N) is 1. The summed E-state index contributed by atoms with van der Waals surface area (Å²) in [5.41, 5.74) is 1.82. The molecule has 3 aromatic rings. The average molecular weight is 447 g/mol. The molecule has 0 aliphatic heterocycles. The van der Waals surface area contributed by atoms with E-state index in [0.717, 1.165) is 23.1 Å². The number of benzene rings is 1. The summed E-state index contributed by atoms with van der Waals surface area (Å²) in [5, 5.41) is 17.9. The summed E-state index contributed by atoms with van der Waals surface area (Å²) in [4.78, 5) is 22.4. The number of rotatable bonds is 9. The first-order chi connectivity index (χ1) is 14.7. The Bertz CT molecular complexity index is 1090. The molecule has 0 saturated carbocycles. The van der Waals surface area contributed by atoms with Crippen molar-refractivity contribution in [3.05, 3.63) is 74.4 Å². The van der Waals surface area contributed by atoms with Crippen LogP contribution in [0.3, 0.4) is 0 Å². The van der Waals surface area contributed by atoms with Crippen LogP contribution in [0.2, 0.25) is 5.02 Å². The number of carbonyl (C=O) groups excluding carboxylic acids is 1. The molecule has 0 spiro atoms. The van der Waals surface area contributed by atoms with E-state index in [9.17, 15) is 14.9 Å². The Kier molecular flexibility index (Phi) is 6.96. The van der Waals surface area contributed by atoms with E-state index >= 15 is 0 Å². The fourth-order valence-corrected chi connectivity index (χ4v) is 3.09. The molecule has 0 radical (unpaired) electrons. The molecule has 2 aromatic heterocycles. The number of carbonyl (C=O) groups is 1. The quantitative estimate of drug-likeness (QED) is 0.383. The molecule has 3 rings (SSSR count). The molecule has 0 aliphatic carbocycles. The van der Waals surface area contributed by atoms with E-state index in [2.05, 4.69) is 24.3 Å². The van der Waals surface area contributed by atoms with Crippen LogP contribution in [-0.4, -0.2) is 27.2 Å². The summed E-state index contributed by atoms with van der Waals surface area (Å²) in [6.07, 6.45) is 2.46. The number of aromatic nitrogens is 2. The first kappa shape index (κ1) is 22.4. The third-order valence-electron chi connectivity index (χ3n) is 4.63. The zero-order valence-corrected chi connectivity index (χ0v) is 18.2. The van der Waals surface area contributed by atoms with Crippen molar-refractivity contribution in [3.63, 3.8) is 0 Å². The number of nitrogens with zero attached hydrogens (tertiary/aromatic N) is 3. The minimum atomic E-state index is -0.524. The number of aryl methyl sites for hydroxylation is 1. The van der Waals surface area contributed by atoms with Gasteiger partial charge in [-0.1, -0.05) is 25.4 Å². The molecule has 10 heteroatoms. The van der Waals surface area contributed by atoms with Crippen LogP contribution in [0.5, 0.6) is 5.75 Å². The second kappa shape index (κ2) is 9.65. The van der Waals surface area contributed by atoms with Crippen LogP contribution >= 0.6 is 11.6 Å². The standard InChI is InChI=1S/C21H23ClN4O5/c1-13(2)17-9-18(22)14(3)8-20(17)30-12-16-4-5-19(31-16)21(27)23-6-7-25-11-15(10-24-25)26(28)29/h4-5,8-11,13H,6-7,12H2,1-3H3,(H,23,27). The highest BCUT2D eigenvalue weighted by Crippen LogP contribution is 2.32. The third kappa shape index (κ3) is 5.64. The molecule has 9 nitrogen and oxygen atoms in total. The van der Waals surface area contributed by atoms with E-state index in [4.69, 9.17) is 20.8 Å². The van der Waals surface area contributed by atoms with Crippen molar-refractivity contribution in [2.45, 2.75) is 39.8 Å². The molecule has 1 amide bonds. The van der Waals surface area contributed by atoms with E-state index in [0.29, 0.717) is 17.3 Å². The van der Waals surface area contributed by atoms with Gasteiger partial charge in [0.05, 0.1) is 11.5 Å². The van der Waals surface area contributed by atoms with Gasteiger partial charge in [-0.3, -0.25) is 19.6 Å². The molecule has 0 fully saturated rings. The van der Waals surface area contributed by atoms with Gasteiger partial charge in [-0.25, -0.2) is 0 Å². The predicted octanol–water partition coefficient (Wildman–Crippen LogP) is 4.48. The highest BCUT2D eigenvalue weighted by Gasteiger charge is 2.15. The average Bonchev–Trinajstić information content (AvgIpc) is 3.38. The molecular formula is C21H23ClN4O5. The van der Waals surface area contributed by atoms with Crippen LogP contribution in [0.4, 0.5) is 5.69 Å².